The van der Waals surface area contributed by atoms with Gasteiger partial charge in [-0.15, -0.1) is 11.3 Å². The van der Waals surface area contributed by atoms with E-state index in [1.54, 1.807) is 18.7 Å². The Labute approximate surface area is 122 Å². The Bertz CT molecular complexity index is 457. The quantitative estimate of drug-likeness (QED) is 0.569. The van der Waals surface area contributed by atoms with Crippen molar-refractivity contribution >= 4 is 34.9 Å². The predicted octanol–water partition coefficient (Wildman–Crippen LogP) is 3.55. The van der Waals surface area contributed by atoms with Gasteiger partial charge >= 0.3 is 5.97 Å². The molecule has 0 amide bonds. The first-order valence-electron chi connectivity index (χ1n) is 6.28. The normalized spacial score (nSPS) is 12.2. The van der Waals surface area contributed by atoms with Crippen LogP contribution in [0, 0.1) is 0 Å². The average molecular weight is 301 g/mol. The molecule has 0 saturated carbocycles. The van der Waals surface area contributed by atoms with Crippen LogP contribution in [0.1, 0.15) is 59.3 Å². The molecular formula is C13H19NO3S2. The van der Waals surface area contributed by atoms with E-state index in [1.165, 1.54) is 18.3 Å². The number of hydrogen-bond donors (Lipinski definition) is 0. The van der Waals surface area contributed by atoms with Gasteiger partial charge in [-0.1, -0.05) is 13.8 Å². The molecule has 1 unspecified atom stereocenters. The van der Waals surface area contributed by atoms with Gasteiger partial charge in [0.25, 0.3) is 0 Å². The summed E-state index contributed by atoms with van der Waals surface area (Å²) in [5, 5.41) is 1.34. The van der Waals surface area contributed by atoms with Crippen molar-refractivity contribution in [1.29, 1.82) is 0 Å². The molecule has 0 spiro atoms. The number of carbonyl (C=O) groups excluding carboxylic acids is 2. The molecule has 0 radical (unpaired) electrons. The molecule has 0 N–H and O–H groups in total. The third-order valence-corrected chi connectivity index (χ3v) is 5.21. The van der Waals surface area contributed by atoms with E-state index in [2.05, 4.69) is 18.8 Å². The van der Waals surface area contributed by atoms with Crippen LogP contribution in [-0.4, -0.2) is 28.6 Å². The molecule has 1 atom stereocenters. The zero-order chi connectivity index (χ0) is 14.4. The van der Waals surface area contributed by atoms with Crippen molar-refractivity contribution in [2.24, 2.45) is 0 Å². The third kappa shape index (κ3) is 4.62. The van der Waals surface area contributed by atoms with Gasteiger partial charge in [0.2, 0.25) is 0 Å². The third-order valence-electron chi connectivity index (χ3n) is 2.53. The largest absolute Gasteiger partial charge is 0.461 e. The number of rotatable bonds is 7. The van der Waals surface area contributed by atoms with Crippen LogP contribution in [0.15, 0.2) is 0 Å². The fourth-order valence-electron chi connectivity index (χ4n) is 1.33. The average Bonchev–Trinajstić information content (AvgIpc) is 2.80. The number of ketones is 1. The number of aromatic nitrogens is 1. The molecule has 0 aliphatic carbocycles. The molecule has 1 rings (SSSR count). The summed E-state index contributed by atoms with van der Waals surface area (Å²) in [6, 6.07) is 0. The van der Waals surface area contributed by atoms with Crippen LogP contribution in [0.25, 0.3) is 0 Å². The second-order valence-corrected chi connectivity index (χ2v) is 6.60. The van der Waals surface area contributed by atoms with Crippen LogP contribution in [0.2, 0.25) is 0 Å². The minimum atomic E-state index is -0.510. The molecule has 0 aliphatic rings. The second-order valence-electron chi connectivity index (χ2n) is 4.09. The Hall–Kier alpha value is -0.880. The van der Waals surface area contributed by atoms with Crippen LogP contribution in [0.3, 0.4) is 0 Å². The molecule has 0 aromatic carbocycles. The topological polar surface area (TPSA) is 56.3 Å². The summed E-state index contributed by atoms with van der Waals surface area (Å²) in [5.41, 5.74) is 0.166. The number of nitrogens with zero attached hydrogens (tertiary/aromatic N) is 1. The lowest BCUT2D eigenvalue weighted by molar-refractivity contribution is 0.0517. The van der Waals surface area contributed by atoms with Gasteiger partial charge in [-0.05, 0) is 13.3 Å². The van der Waals surface area contributed by atoms with Gasteiger partial charge in [0, 0.05) is 17.9 Å². The lowest BCUT2D eigenvalue weighted by Crippen LogP contribution is -2.09. The Balaban J connectivity index is 2.88. The fourth-order valence-corrected chi connectivity index (χ4v) is 3.24. The first kappa shape index (κ1) is 16.2. The molecule has 19 heavy (non-hydrogen) atoms. The summed E-state index contributed by atoms with van der Waals surface area (Å²) in [6.45, 7) is 7.74. The maximum Gasteiger partial charge on any atom is 0.358 e. The minimum Gasteiger partial charge on any atom is -0.461 e. The highest BCUT2D eigenvalue weighted by molar-refractivity contribution is 7.99. The highest BCUT2D eigenvalue weighted by Gasteiger charge is 2.22. The van der Waals surface area contributed by atoms with Gasteiger partial charge in [0.05, 0.1) is 6.61 Å². The summed E-state index contributed by atoms with van der Waals surface area (Å²) >= 11 is 3.06. The number of esters is 1. The standard InChI is InChI=1S/C13H19NO3S2/c1-5-8(3)18-7-10-14-11(13(16)17-6-2)12(19-10)9(4)15/h8H,5-7H2,1-4H3. The van der Waals surface area contributed by atoms with Crippen molar-refractivity contribution in [3.8, 4) is 0 Å². The zero-order valence-electron chi connectivity index (χ0n) is 11.7. The molecule has 0 bridgehead atoms. The van der Waals surface area contributed by atoms with E-state index in [0.29, 0.717) is 10.1 Å². The van der Waals surface area contributed by atoms with E-state index in [4.69, 9.17) is 4.74 Å². The number of ether oxygens (including phenoxy) is 1. The Kier molecular flexibility index (Phi) is 6.51. The molecule has 1 heterocycles. The summed E-state index contributed by atoms with van der Waals surface area (Å²) in [4.78, 5) is 27.9. The van der Waals surface area contributed by atoms with Crippen molar-refractivity contribution in [3.05, 3.63) is 15.6 Å². The van der Waals surface area contributed by atoms with E-state index < -0.39 is 5.97 Å². The fraction of sp³-hybridized carbons (Fsp3) is 0.615. The van der Waals surface area contributed by atoms with Gasteiger partial charge in [0.15, 0.2) is 11.5 Å². The molecule has 4 nitrogen and oxygen atoms in total. The zero-order valence-corrected chi connectivity index (χ0v) is 13.3. The van der Waals surface area contributed by atoms with E-state index in [-0.39, 0.29) is 18.1 Å². The van der Waals surface area contributed by atoms with Crippen LogP contribution in [0.4, 0.5) is 0 Å². The van der Waals surface area contributed by atoms with Crippen molar-refractivity contribution < 1.29 is 14.3 Å². The van der Waals surface area contributed by atoms with Crippen LogP contribution < -0.4 is 0 Å². The lowest BCUT2D eigenvalue weighted by Gasteiger charge is -2.05. The molecule has 1 aromatic rings. The second kappa shape index (κ2) is 7.65. The molecule has 0 saturated heterocycles. The first-order valence-corrected chi connectivity index (χ1v) is 8.15. The summed E-state index contributed by atoms with van der Waals surface area (Å²) in [6.07, 6.45) is 1.08. The Morgan fingerprint density at radius 2 is 2.11 bits per heavy atom. The molecule has 1 aromatic heterocycles. The van der Waals surface area contributed by atoms with E-state index in [9.17, 15) is 9.59 Å². The van der Waals surface area contributed by atoms with Gasteiger partial charge < -0.3 is 4.74 Å². The summed E-state index contributed by atoms with van der Waals surface area (Å²) in [5.74, 6) is 0.0726. The lowest BCUT2D eigenvalue weighted by atomic mass is 10.3. The maximum atomic E-state index is 11.7. The number of thiazole rings is 1. The smallest absolute Gasteiger partial charge is 0.358 e. The number of Topliss-reactive ketones (excluding diaryl/α,β-unsaturated/α-hetero) is 1. The highest BCUT2D eigenvalue weighted by atomic mass is 32.2. The highest BCUT2D eigenvalue weighted by Crippen LogP contribution is 2.26. The molecule has 0 aliphatic heterocycles. The number of hydrogen-bond acceptors (Lipinski definition) is 6. The summed E-state index contributed by atoms with van der Waals surface area (Å²) < 4.78 is 4.93. The SMILES string of the molecule is CCOC(=O)c1nc(CSC(C)CC)sc1C(C)=O. The van der Waals surface area contributed by atoms with Crippen LogP contribution in [0.5, 0.6) is 0 Å². The van der Waals surface area contributed by atoms with Crippen LogP contribution >= 0.6 is 23.1 Å². The Morgan fingerprint density at radius 1 is 1.42 bits per heavy atom. The maximum absolute atomic E-state index is 11.7. The molecular weight excluding hydrogens is 282 g/mol. The predicted molar refractivity (Wildman–Crippen MR) is 79.1 cm³/mol. The van der Waals surface area contributed by atoms with Crippen molar-refractivity contribution in [2.45, 2.75) is 45.1 Å². The molecule has 0 fully saturated rings. The number of thioether (sulfide) groups is 1. The van der Waals surface area contributed by atoms with Gasteiger partial charge in [0.1, 0.15) is 9.88 Å². The van der Waals surface area contributed by atoms with Crippen LogP contribution in [-0.2, 0) is 10.5 Å². The first-order chi connectivity index (χ1) is 8.99. The van der Waals surface area contributed by atoms with Gasteiger partial charge in [-0.25, -0.2) is 9.78 Å². The van der Waals surface area contributed by atoms with Crippen molar-refractivity contribution in [1.82, 2.24) is 4.98 Å². The van der Waals surface area contributed by atoms with E-state index >= 15 is 0 Å². The monoisotopic (exact) mass is 301 g/mol. The molecule has 6 heteroatoms. The summed E-state index contributed by atoms with van der Waals surface area (Å²) in [7, 11) is 0. The van der Waals surface area contributed by atoms with Gasteiger partial charge in [-0.2, -0.15) is 11.8 Å². The van der Waals surface area contributed by atoms with Crippen molar-refractivity contribution in [2.75, 3.05) is 6.61 Å². The van der Waals surface area contributed by atoms with Gasteiger partial charge in [-0.3, -0.25) is 4.79 Å². The number of carbonyl (C=O) groups is 2. The molecule has 106 valence electrons. The van der Waals surface area contributed by atoms with E-state index in [0.717, 1.165) is 17.2 Å². The minimum absolute atomic E-state index is 0.139. The Morgan fingerprint density at radius 3 is 2.63 bits per heavy atom. The van der Waals surface area contributed by atoms with E-state index in [1.807, 2.05) is 0 Å². The van der Waals surface area contributed by atoms with Crippen molar-refractivity contribution in [3.63, 3.8) is 0 Å².